The smallest absolute Gasteiger partial charge is 0.387 e. The summed E-state index contributed by atoms with van der Waals surface area (Å²) in [7, 11) is 0. The van der Waals surface area contributed by atoms with E-state index in [1.165, 1.54) is 18.2 Å². The second-order valence-corrected chi connectivity index (χ2v) is 5.34. The molecule has 7 heteroatoms. The van der Waals surface area contributed by atoms with Gasteiger partial charge in [-0.2, -0.15) is 8.78 Å². The third-order valence-corrected chi connectivity index (χ3v) is 3.30. The molecule has 0 saturated carbocycles. The lowest BCUT2D eigenvalue weighted by molar-refractivity contribution is -0.116. The molecule has 1 aromatic carbocycles. The zero-order chi connectivity index (χ0) is 18.9. The van der Waals surface area contributed by atoms with Gasteiger partial charge in [-0.15, -0.1) is 0 Å². The number of benzene rings is 1. The van der Waals surface area contributed by atoms with Crippen LogP contribution in [-0.2, 0) is 11.3 Å². The second-order valence-electron chi connectivity index (χ2n) is 5.34. The van der Waals surface area contributed by atoms with Crippen LogP contribution in [0.4, 0.5) is 8.78 Å². The van der Waals surface area contributed by atoms with Crippen LogP contribution in [0.25, 0.3) is 6.08 Å². The van der Waals surface area contributed by atoms with Crippen molar-refractivity contribution in [2.24, 2.45) is 0 Å². The molecule has 5 nitrogen and oxygen atoms in total. The van der Waals surface area contributed by atoms with E-state index in [2.05, 4.69) is 15.0 Å². The van der Waals surface area contributed by atoms with E-state index in [1.807, 2.05) is 25.1 Å². The number of hydrogen-bond acceptors (Lipinski definition) is 4. The second kappa shape index (κ2) is 9.50. The summed E-state index contributed by atoms with van der Waals surface area (Å²) in [5.74, 6) is -0.146. The lowest BCUT2D eigenvalue weighted by Crippen LogP contribution is -2.20. The standard InChI is InChI=1S/C19H20F2N2O3/c1-3-25-17-11-14(7-9-16(17)26-19(20)21)8-10-18(24)22-12-15-6-4-5-13(2)23-15/h4-11,19H,3,12H2,1-2H3,(H,22,24)/b10-8+. The van der Waals surface area contributed by atoms with E-state index in [9.17, 15) is 13.6 Å². The van der Waals surface area contributed by atoms with Crippen molar-refractivity contribution in [1.82, 2.24) is 10.3 Å². The van der Waals surface area contributed by atoms with Gasteiger partial charge < -0.3 is 14.8 Å². The number of carbonyl (C=O) groups is 1. The molecule has 2 aromatic rings. The highest BCUT2D eigenvalue weighted by atomic mass is 19.3. The van der Waals surface area contributed by atoms with Crippen LogP contribution in [0, 0.1) is 6.92 Å². The fourth-order valence-corrected chi connectivity index (χ4v) is 2.20. The number of ether oxygens (including phenoxy) is 2. The Labute approximate surface area is 150 Å². The summed E-state index contributed by atoms with van der Waals surface area (Å²) in [6.45, 7) is 1.30. The zero-order valence-corrected chi connectivity index (χ0v) is 14.5. The van der Waals surface area contributed by atoms with Gasteiger partial charge >= 0.3 is 6.61 Å². The SMILES string of the molecule is CCOc1cc(/C=C/C(=O)NCc2cccc(C)n2)ccc1OC(F)F. The molecule has 0 atom stereocenters. The number of nitrogens with one attached hydrogen (secondary N) is 1. The van der Waals surface area contributed by atoms with Crippen molar-refractivity contribution in [3.63, 3.8) is 0 Å². The average molecular weight is 362 g/mol. The van der Waals surface area contributed by atoms with Crippen molar-refractivity contribution < 1.29 is 23.0 Å². The number of carbonyl (C=O) groups excluding carboxylic acids is 1. The van der Waals surface area contributed by atoms with Crippen molar-refractivity contribution in [2.75, 3.05) is 6.61 Å². The highest BCUT2D eigenvalue weighted by molar-refractivity contribution is 5.91. The van der Waals surface area contributed by atoms with Crippen LogP contribution in [0.1, 0.15) is 23.9 Å². The minimum Gasteiger partial charge on any atom is -0.490 e. The average Bonchev–Trinajstić information content (AvgIpc) is 2.60. The minimum absolute atomic E-state index is 0.0472. The van der Waals surface area contributed by atoms with Crippen molar-refractivity contribution in [3.8, 4) is 11.5 Å². The summed E-state index contributed by atoms with van der Waals surface area (Å²) in [5.41, 5.74) is 2.26. The Kier molecular flexibility index (Phi) is 7.08. The van der Waals surface area contributed by atoms with Gasteiger partial charge in [0.25, 0.3) is 0 Å². The molecule has 0 bridgehead atoms. The number of alkyl halides is 2. The summed E-state index contributed by atoms with van der Waals surface area (Å²) in [5, 5.41) is 2.73. The first-order valence-electron chi connectivity index (χ1n) is 8.08. The topological polar surface area (TPSA) is 60.5 Å². The summed E-state index contributed by atoms with van der Waals surface area (Å²) >= 11 is 0. The highest BCUT2D eigenvalue weighted by Crippen LogP contribution is 2.30. The van der Waals surface area contributed by atoms with E-state index in [-0.39, 0.29) is 17.4 Å². The van der Waals surface area contributed by atoms with Crippen molar-refractivity contribution >= 4 is 12.0 Å². The third kappa shape index (κ3) is 6.16. The maximum absolute atomic E-state index is 12.4. The Morgan fingerprint density at radius 3 is 2.77 bits per heavy atom. The van der Waals surface area contributed by atoms with E-state index in [4.69, 9.17) is 4.74 Å². The van der Waals surface area contributed by atoms with Gasteiger partial charge in [-0.1, -0.05) is 12.1 Å². The molecule has 1 N–H and O–H groups in total. The van der Waals surface area contributed by atoms with Gasteiger partial charge in [0.15, 0.2) is 11.5 Å². The molecule has 0 saturated heterocycles. The number of aryl methyl sites for hydroxylation is 1. The van der Waals surface area contributed by atoms with E-state index in [0.29, 0.717) is 18.7 Å². The molecule has 0 radical (unpaired) electrons. The molecule has 2 rings (SSSR count). The van der Waals surface area contributed by atoms with E-state index < -0.39 is 6.61 Å². The van der Waals surface area contributed by atoms with Crippen LogP contribution in [0.5, 0.6) is 11.5 Å². The van der Waals surface area contributed by atoms with Crippen LogP contribution in [0.15, 0.2) is 42.5 Å². The maximum Gasteiger partial charge on any atom is 0.387 e. The van der Waals surface area contributed by atoms with Crippen LogP contribution in [-0.4, -0.2) is 24.1 Å². The molecule has 0 fully saturated rings. The van der Waals surface area contributed by atoms with Crippen molar-refractivity contribution in [2.45, 2.75) is 27.0 Å². The monoisotopic (exact) mass is 362 g/mol. The van der Waals surface area contributed by atoms with Gasteiger partial charge in [-0.25, -0.2) is 0 Å². The molecule has 1 aromatic heterocycles. The van der Waals surface area contributed by atoms with E-state index >= 15 is 0 Å². The molecule has 0 aliphatic carbocycles. The van der Waals surface area contributed by atoms with Gasteiger partial charge in [-0.3, -0.25) is 9.78 Å². The summed E-state index contributed by atoms with van der Waals surface area (Å²) < 4.78 is 34.5. The van der Waals surface area contributed by atoms with Crippen LogP contribution >= 0.6 is 0 Å². The predicted octanol–water partition coefficient (Wildman–Crippen LogP) is 3.72. The lowest BCUT2D eigenvalue weighted by Gasteiger charge is -2.11. The Morgan fingerprint density at radius 2 is 2.08 bits per heavy atom. The molecular formula is C19H20F2N2O3. The first-order chi connectivity index (χ1) is 12.5. The number of hydrogen-bond donors (Lipinski definition) is 1. The zero-order valence-electron chi connectivity index (χ0n) is 14.5. The summed E-state index contributed by atoms with van der Waals surface area (Å²) in [6, 6.07) is 10.1. The quantitative estimate of drug-likeness (QED) is 0.727. The van der Waals surface area contributed by atoms with Gasteiger partial charge in [0.05, 0.1) is 18.8 Å². The number of nitrogens with zero attached hydrogens (tertiary/aromatic N) is 1. The molecule has 0 unspecified atom stereocenters. The molecule has 0 aliphatic rings. The Bertz CT molecular complexity index is 779. The first kappa shape index (κ1) is 19.4. The van der Waals surface area contributed by atoms with Crippen LogP contribution in [0.3, 0.4) is 0 Å². The fraction of sp³-hybridized carbons (Fsp3) is 0.263. The fourth-order valence-electron chi connectivity index (χ4n) is 2.20. The predicted molar refractivity (Wildman–Crippen MR) is 94.1 cm³/mol. The first-order valence-corrected chi connectivity index (χ1v) is 8.08. The molecular weight excluding hydrogens is 342 g/mol. The van der Waals surface area contributed by atoms with Gasteiger partial charge in [0.1, 0.15) is 0 Å². The summed E-state index contributed by atoms with van der Waals surface area (Å²) in [4.78, 5) is 16.2. The van der Waals surface area contributed by atoms with Crippen LogP contribution < -0.4 is 14.8 Å². The minimum atomic E-state index is -2.93. The van der Waals surface area contributed by atoms with Gasteiger partial charge in [0, 0.05) is 11.8 Å². The molecule has 0 spiro atoms. The van der Waals surface area contributed by atoms with Gasteiger partial charge in [0.2, 0.25) is 5.91 Å². The Balaban J connectivity index is 1.99. The van der Waals surface area contributed by atoms with Crippen molar-refractivity contribution in [1.29, 1.82) is 0 Å². The number of amides is 1. The normalized spacial score (nSPS) is 11.0. The maximum atomic E-state index is 12.4. The Morgan fingerprint density at radius 1 is 1.27 bits per heavy atom. The molecule has 26 heavy (non-hydrogen) atoms. The largest absolute Gasteiger partial charge is 0.490 e. The molecule has 0 aliphatic heterocycles. The van der Waals surface area contributed by atoms with Crippen molar-refractivity contribution in [3.05, 3.63) is 59.4 Å². The molecule has 138 valence electrons. The summed E-state index contributed by atoms with van der Waals surface area (Å²) in [6.07, 6.45) is 2.92. The van der Waals surface area contributed by atoms with E-state index in [0.717, 1.165) is 11.4 Å². The Hall–Kier alpha value is -2.96. The van der Waals surface area contributed by atoms with E-state index in [1.54, 1.807) is 19.1 Å². The number of aromatic nitrogens is 1. The third-order valence-electron chi connectivity index (χ3n) is 3.30. The molecule has 1 heterocycles. The van der Waals surface area contributed by atoms with Crippen LogP contribution in [0.2, 0.25) is 0 Å². The van der Waals surface area contributed by atoms with Gasteiger partial charge in [-0.05, 0) is 49.8 Å². The number of pyridine rings is 1. The lowest BCUT2D eigenvalue weighted by atomic mass is 10.2. The number of rotatable bonds is 8. The number of halogens is 2. The molecule has 1 amide bonds. The highest BCUT2D eigenvalue weighted by Gasteiger charge is 2.11.